The molecule has 0 atom stereocenters. The average molecular weight is 605 g/mol. The van der Waals surface area contributed by atoms with Gasteiger partial charge in [0, 0.05) is 34.0 Å². The molecule has 0 spiro atoms. The fourth-order valence-electron chi connectivity index (χ4n) is 6.54. The van der Waals surface area contributed by atoms with Crippen LogP contribution < -0.4 is 10.6 Å². The first-order valence-corrected chi connectivity index (χ1v) is 16.0. The van der Waals surface area contributed by atoms with E-state index in [1.54, 1.807) is 0 Å². The zero-order valence-corrected chi connectivity index (χ0v) is 26.1. The van der Waals surface area contributed by atoms with E-state index in [0.29, 0.717) is 11.1 Å². The first kappa shape index (κ1) is 29.4. The molecule has 0 bridgehead atoms. The number of pyridine rings is 2. The van der Waals surface area contributed by atoms with Crippen LogP contribution in [-0.2, 0) is 0 Å². The molecule has 1 aliphatic carbocycles. The fraction of sp³-hybridized carbons (Fsp3) is 0.200. The van der Waals surface area contributed by atoms with Gasteiger partial charge in [-0.25, -0.2) is 9.97 Å². The summed E-state index contributed by atoms with van der Waals surface area (Å²) in [6, 6.07) is 35.8. The maximum absolute atomic E-state index is 13.7. The van der Waals surface area contributed by atoms with Gasteiger partial charge in [0.1, 0.15) is 0 Å². The van der Waals surface area contributed by atoms with Crippen molar-refractivity contribution < 1.29 is 9.59 Å². The van der Waals surface area contributed by atoms with Gasteiger partial charge in [-0.05, 0) is 75.9 Å². The van der Waals surface area contributed by atoms with E-state index in [9.17, 15) is 9.59 Å². The summed E-state index contributed by atoms with van der Waals surface area (Å²) in [6.07, 6.45) is 3.15. The van der Waals surface area contributed by atoms with Gasteiger partial charge in [0.05, 0.1) is 33.5 Å². The summed E-state index contributed by atoms with van der Waals surface area (Å²) in [7, 11) is 0. The monoisotopic (exact) mass is 604 g/mol. The number of carbonyl (C=O) groups is 2. The smallest absolute Gasteiger partial charge is 0.252 e. The zero-order chi connectivity index (χ0) is 31.6. The summed E-state index contributed by atoms with van der Waals surface area (Å²) in [5.41, 5.74) is 8.70. The molecule has 2 aromatic heterocycles. The minimum absolute atomic E-state index is 0.0321. The highest BCUT2D eigenvalue weighted by Gasteiger charge is 2.26. The maximum atomic E-state index is 13.7. The van der Waals surface area contributed by atoms with Crippen LogP contribution in [0, 0.1) is 13.8 Å². The van der Waals surface area contributed by atoms with Crippen LogP contribution in [0.1, 0.15) is 57.5 Å². The number of hydrogen-bond acceptors (Lipinski definition) is 4. The summed E-state index contributed by atoms with van der Waals surface area (Å²) >= 11 is 0. The van der Waals surface area contributed by atoms with Crippen LogP contribution in [0.15, 0.2) is 109 Å². The lowest BCUT2D eigenvalue weighted by Crippen LogP contribution is -2.44. The molecule has 2 heterocycles. The number of aryl methyl sites for hydroxylation is 2. The lowest BCUT2D eigenvalue weighted by molar-refractivity contribution is 0.0893. The van der Waals surface area contributed by atoms with Crippen LogP contribution in [-0.4, -0.2) is 33.9 Å². The quantitative estimate of drug-likeness (QED) is 0.201. The second-order valence-electron chi connectivity index (χ2n) is 12.4. The van der Waals surface area contributed by atoms with E-state index in [1.807, 2.05) is 84.9 Å². The molecule has 228 valence electrons. The molecule has 6 heteroatoms. The summed E-state index contributed by atoms with van der Waals surface area (Å²) in [6.45, 7) is 4.11. The molecular weight excluding hydrogens is 568 g/mol. The van der Waals surface area contributed by atoms with E-state index in [4.69, 9.17) is 9.97 Å². The Morgan fingerprint density at radius 2 is 0.957 bits per heavy atom. The Balaban J connectivity index is 1.05. The molecular formula is C40H36N4O2. The predicted octanol–water partition coefficient (Wildman–Crippen LogP) is 8.20. The van der Waals surface area contributed by atoms with Crippen LogP contribution in [0.4, 0.5) is 0 Å². The number of hydrogen-bond donors (Lipinski definition) is 2. The van der Waals surface area contributed by atoms with Crippen molar-refractivity contribution in [3.63, 3.8) is 0 Å². The van der Waals surface area contributed by atoms with Crippen molar-refractivity contribution in [1.29, 1.82) is 0 Å². The molecule has 1 aliphatic rings. The van der Waals surface area contributed by atoms with E-state index < -0.39 is 0 Å². The molecule has 7 rings (SSSR count). The molecule has 0 aliphatic heterocycles. The third kappa shape index (κ3) is 6.11. The Bertz CT molecular complexity index is 1940. The van der Waals surface area contributed by atoms with Gasteiger partial charge >= 0.3 is 0 Å². The third-order valence-corrected chi connectivity index (χ3v) is 8.95. The van der Waals surface area contributed by atoms with Gasteiger partial charge in [-0.15, -0.1) is 0 Å². The number of carbonyl (C=O) groups excluding carboxylic acids is 2. The van der Waals surface area contributed by atoms with Crippen LogP contribution in [0.3, 0.4) is 0 Å². The van der Waals surface area contributed by atoms with Crippen LogP contribution in [0.25, 0.3) is 44.3 Å². The summed E-state index contributed by atoms with van der Waals surface area (Å²) in [5.74, 6) is -0.182. The predicted molar refractivity (Wildman–Crippen MR) is 185 cm³/mol. The van der Waals surface area contributed by atoms with Gasteiger partial charge in [0.15, 0.2) is 0 Å². The molecule has 1 fully saturated rings. The minimum atomic E-state index is -0.0908. The molecule has 0 radical (unpaired) electrons. The van der Waals surface area contributed by atoms with E-state index in [-0.39, 0.29) is 23.9 Å². The number of benzene rings is 4. The van der Waals surface area contributed by atoms with Gasteiger partial charge < -0.3 is 10.6 Å². The number of aromatic nitrogens is 2. The molecule has 46 heavy (non-hydrogen) atoms. The van der Waals surface area contributed by atoms with Crippen molar-refractivity contribution in [2.24, 2.45) is 0 Å². The van der Waals surface area contributed by atoms with Gasteiger partial charge in [0.25, 0.3) is 11.8 Å². The Morgan fingerprint density at radius 3 is 1.37 bits per heavy atom. The Kier molecular flexibility index (Phi) is 8.02. The maximum Gasteiger partial charge on any atom is 0.252 e. The van der Waals surface area contributed by atoms with Gasteiger partial charge in [0.2, 0.25) is 0 Å². The summed E-state index contributed by atoms with van der Waals surface area (Å²) < 4.78 is 0. The zero-order valence-electron chi connectivity index (χ0n) is 26.1. The molecule has 0 unspecified atom stereocenters. The normalized spacial score (nSPS) is 16.3. The molecule has 2 N–H and O–H groups in total. The largest absolute Gasteiger partial charge is 0.349 e. The number of amides is 2. The first-order chi connectivity index (χ1) is 22.4. The molecule has 2 amide bonds. The fourth-order valence-corrected chi connectivity index (χ4v) is 6.54. The van der Waals surface area contributed by atoms with E-state index in [1.165, 1.54) is 0 Å². The van der Waals surface area contributed by atoms with E-state index >= 15 is 0 Å². The second-order valence-corrected chi connectivity index (χ2v) is 12.4. The topological polar surface area (TPSA) is 84.0 Å². The van der Waals surface area contributed by atoms with Gasteiger partial charge in [-0.3, -0.25) is 9.59 Å². The van der Waals surface area contributed by atoms with E-state index in [2.05, 4.69) is 48.7 Å². The SMILES string of the molecule is Cc1cccc(-c2cc(C(=O)NC3CCC(NC(=O)c4cc(-c5cccc(C)c5)nc5ccccc45)CC3)c3ccccc3n2)c1. The minimum Gasteiger partial charge on any atom is -0.349 e. The molecule has 4 aromatic carbocycles. The number of fused-ring (bicyclic) bond motifs is 2. The first-order valence-electron chi connectivity index (χ1n) is 16.0. The standard InChI is InChI=1S/C40H36N4O2/c1-25-9-7-11-27(21-25)37-23-33(31-13-3-5-15-35(31)43-37)39(45)41-29-17-19-30(20-18-29)42-40(46)34-24-38(28-12-8-10-26(2)22-28)44-36-16-6-4-14-32(34)36/h3-16,21-24,29-30H,17-20H2,1-2H3,(H,41,45)(H,42,46). The van der Waals surface area contributed by atoms with Crippen molar-refractivity contribution in [1.82, 2.24) is 20.6 Å². The number of rotatable bonds is 6. The highest BCUT2D eigenvalue weighted by molar-refractivity contribution is 6.08. The molecule has 6 nitrogen and oxygen atoms in total. The van der Waals surface area contributed by atoms with Crippen molar-refractivity contribution in [2.45, 2.75) is 51.6 Å². The van der Waals surface area contributed by atoms with Crippen LogP contribution in [0.2, 0.25) is 0 Å². The third-order valence-electron chi connectivity index (χ3n) is 8.95. The van der Waals surface area contributed by atoms with Crippen molar-refractivity contribution in [3.8, 4) is 22.5 Å². The van der Waals surface area contributed by atoms with Crippen LogP contribution in [0.5, 0.6) is 0 Å². The number of nitrogens with one attached hydrogen (secondary N) is 2. The highest BCUT2D eigenvalue weighted by atomic mass is 16.2. The van der Waals surface area contributed by atoms with E-state index in [0.717, 1.165) is 81.1 Å². The highest BCUT2D eigenvalue weighted by Crippen LogP contribution is 2.28. The summed E-state index contributed by atoms with van der Waals surface area (Å²) in [4.78, 5) is 37.1. The molecule has 1 saturated carbocycles. The Labute approximate surface area is 268 Å². The average Bonchev–Trinajstić information content (AvgIpc) is 3.08. The number of nitrogens with zero attached hydrogens (tertiary/aromatic N) is 2. The number of para-hydroxylation sites is 2. The summed E-state index contributed by atoms with van der Waals surface area (Å²) in [5, 5.41) is 8.26. The second kappa shape index (κ2) is 12.6. The molecule has 0 saturated heterocycles. The molecule has 6 aromatic rings. The lowest BCUT2D eigenvalue weighted by Gasteiger charge is -2.30. The van der Waals surface area contributed by atoms with Crippen molar-refractivity contribution in [2.75, 3.05) is 0 Å². The van der Waals surface area contributed by atoms with Gasteiger partial charge in [-0.2, -0.15) is 0 Å². The Hall–Kier alpha value is -5.36. The van der Waals surface area contributed by atoms with Crippen molar-refractivity contribution >= 4 is 33.6 Å². The van der Waals surface area contributed by atoms with Crippen LogP contribution >= 0.6 is 0 Å². The van der Waals surface area contributed by atoms with Crippen molar-refractivity contribution in [3.05, 3.63) is 131 Å². The van der Waals surface area contributed by atoms with Gasteiger partial charge in [-0.1, -0.05) is 83.9 Å². The lowest BCUT2D eigenvalue weighted by atomic mass is 9.90. The Morgan fingerprint density at radius 1 is 0.543 bits per heavy atom.